The number of para-hydroxylation sites is 1. The Kier molecular flexibility index (Phi) is 6.46. The number of ketones is 1. The molecule has 5 nitrogen and oxygen atoms in total. The first-order chi connectivity index (χ1) is 15.4. The number of carbonyl (C=O) groups excluding carboxylic acids is 2. The van der Waals surface area contributed by atoms with Crippen molar-refractivity contribution < 1.29 is 18.7 Å². The predicted octanol–water partition coefficient (Wildman–Crippen LogP) is 5.59. The van der Waals surface area contributed by atoms with Crippen LogP contribution in [-0.4, -0.2) is 27.9 Å². The summed E-state index contributed by atoms with van der Waals surface area (Å²) < 4.78 is 21.5. The van der Waals surface area contributed by atoms with Gasteiger partial charge >= 0.3 is 5.97 Å². The minimum Gasteiger partial charge on any atom is -0.457 e. The van der Waals surface area contributed by atoms with Crippen LogP contribution in [0, 0.1) is 19.7 Å². The van der Waals surface area contributed by atoms with Crippen molar-refractivity contribution in [1.82, 2.24) is 9.55 Å². The van der Waals surface area contributed by atoms with Gasteiger partial charge in [0.15, 0.2) is 6.61 Å². The minimum atomic E-state index is -0.396. The summed E-state index contributed by atoms with van der Waals surface area (Å²) in [5.41, 5.74) is 3.81. The van der Waals surface area contributed by atoms with Gasteiger partial charge in [-0.15, -0.1) is 11.3 Å². The lowest BCUT2D eigenvalue weighted by Crippen LogP contribution is -2.15. The number of aromatic nitrogens is 2. The van der Waals surface area contributed by atoms with Crippen LogP contribution in [0.25, 0.3) is 15.9 Å². The lowest BCUT2D eigenvalue weighted by Gasteiger charge is -2.10. The Balaban J connectivity index is 1.31. The second-order valence-electron chi connectivity index (χ2n) is 7.61. The SMILES string of the molecule is Cc1cc(C(=O)COC(=O)CCCc2nc3ccccc3s2)c(C)n1-c1ccc(F)cc1. The standard InChI is InChI=1S/C25H23FN2O3S/c1-16-14-20(17(2)28(16)19-12-10-18(26)11-13-19)22(29)15-31-25(30)9-5-8-24-27-21-6-3-4-7-23(21)32-24/h3-4,6-7,10-14H,5,8-9,15H2,1-2H3. The highest BCUT2D eigenvalue weighted by Gasteiger charge is 2.18. The van der Waals surface area contributed by atoms with Gasteiger partial charge in [0, 0.05) is 29.1 Å². The Morgan fingerprint density at radius 1 is 1.09 bits per heavy atom. The molecule has 0 saturated heterocycles. The molecule has 0 radical (unpaired) electrons. The number of aryl methyl sites for hydroxylation is 2. The molecule has 7 heteroatoms. The summed E-state index contributed by atoms with van der Waals surface area (Å²) in [6.45, 7) is 3.40. The van der Waals surface area contributed by atoms with Crippen LogP contribution in [0.2, 0.25) is 0 Å². The molecule has 32 heavy (non-hydrogen) atoms. The number of hydrogen-bond donors (Lipinski definition) is 0. The van der Waals surface area contributed by atoms with E-state index in [0.29, 0.717) is 18.4 Å². The van der Waals surface area contributed by atoms with E-state index in [-0.39, 0.29) is 24.6 Å². The zero-order valence-electron chi connectivity index (χ0n) is 17.9. The Bertz CT molecular complexity index is 1240. The molecule has 0 aliphatic carbocycles. The largest absolute Gasteiger partial charge is 0.457 e. The fraction of sp³-hybridized carbons (Fsp3) is 0.240. The molecule has 0 atom stereocenters. The quantitative estimate of drug-likeness (QED) is 0.259. The summed E-state index contributed by atoms with van der Waals surface area (Å²) in [5.74, 6) is -0.972. The number of thiazole rings is 1. The van der Waals surface area contributed by atoms with Gasteiger partial charge in [-0.2, -0.15) is 0 Å². The predicted molar refractivity (Wildman–Crippen MR) is 123 cm³/mol. The topological polar surface area (TPSA) is 61.2 Å². The average molecular weight is 451 g/mol. The van der Waals surface area contributed by atoms with Gasteiger partial charge in [0.05, 0.1) is 15.2 Å². The number of Topliss-reactive ketones (excluding diaryl/α,β-unsaturated/α-hetero) is 1. The fourth-order valence-electron chi connectivity index (χ4n) is 3.74. The highest BCUT2D eigenvalue weighted by atomic mass is 32.1. The summed E-state index contributed by atoms with van der Waals surface area (Å²) in [4.78, 5) is 29.3. The molecule has 4 rings (SSSR count). The van der Waals surface area contributed by atoms with Crippen molar-refractivity contribution >= 4 is 33.3 Å². The van der Waals surface area contributed by atoms with E-state index in [1.807, 2.05) is 42.7 Å². The number of benzene rings is 2. The molecule has 2 heterocycles. The maximum absolute atomic E-state index is 13.2. The molecule has 0 spiro atoms. The fourth-order valence-corrected chi connectivity index (χ4v) is 4.75. The molecule has 164 valence electrons. The first kappa shape index (κ1) is 21.9. The van der Waals surface area contributed by atoms with E-state index in [1.165, 1.54) is 12.1 Å². The molecular formula is C25H23FN2O3S. The van der Waals surface area contributed by atoms with E-state index in [2.05, 4.69) is 4.98 Å². The second kappa shape index (κ2) is 9.44. The van der Waals surface area contributed by atoms with Gasteiger partial charge in [0.2, 0.25) is 5.78 Å². The monoisotopic (exact) mass is 450 g/mol. The molecule has 2 aromatic carbocycles. The summed E-state index contributed by atoms with van der Waals surface area (Å²) in [6, 6.07) is 15.8. The summed E-state index contributed by atoms with van der Waals surface area (Å²) in [5, 5.41) is 0.989. The number of nitrogens with zero attached hydrogens (tertiary/aromatic N) is 2. The van der Waals surface area contributed by atoms with Gasteiger partial charge in [0.1, 0.15) is 5.82 Å². The third kappa shape index (κ3) is 4.78. The van der Waals surface area contributed by atoms with Crippen LogP contribution in [0.15, 0.2) is 54.6 Å². The van der Waals surface area contributed by atoms with Gasteiger partial charge in [-0.1, -0.05) is 12.1 Å². The van der Waals surface area contributed by atoms with E-state index in [1.54, 1.807) is 29.5 Å². The summed E-state index contributed by atoms with van der Waals surface area (Å²) >= 11 is 1.63. The number of fused-ring (bicyclic) bond motifs is 1. The Morgan fingerprint density at radius 2 is 1.84 bits per heavy atom. The van der Waals surface area contributed by atoms with Crippen LogP contribution in [0.3, 0.4) is 0 Å². The van der Waals surface area contributed by atoms with Crippen LogP contribution in [-0.2, 0) is 16.0 Å². The van der Waals surface area contributed by atoms with Gasteiger partial charge in [-0.25, -0.2) is 9.37 Å². The van der Waals surface area contributed by atoms with E-state index in [4.69, 9.17) is 4.74 Å². The molecule has 0 amide bonds. The second-order valence-corrected chi connectivity index (χ2v) is 8.72. The van der Waals surface area contributed by atoms with Crippen molar-refractivity contribution in [3.63, 3.8) is 0 Å². The molecule has 4 aromatic rings. The average Bonchev–Trinajstić information content (AvgIpc) is 3.32. The first-order valence-electron chi connectivity index (χ1n) is 10.4. The van der Waals surface area contributed by atoms with Crippen LogP contribution in [0.4, 0.5) is 4.39 Å². The van der Waals surface area contributed by atoms with E-state index in [9.17, 15) is 14.0 Å². The summed E-state index contributed by atoms with van der Waals surface area (Å²) in [7, 11) is 0. The van der Waals surface area contributed by atoms with Gasteiger partial charge in [0.25, 0.3) is 0 Å². The molecule has 0 aliphatic heterocycles. The van der Waals surface area contributed by atoms with Crippen LogP contribution in [0.5, 0.6) is 0 Å². The minimum absolute atomic E-state index is 0.234. The van der Waals surface area contributed by atoms with Crippen LogP contribution in [0.1, 0.15) is 39.6 Å². The molecule has 0 aliphatic rings. The molecule has 0 bridgehead atoms. The number of rotatable bonds is 8. The van der Waals surface area contributed by atoms with Crippen LogP contribution < -0.4 is 0 Å². The highest BCUT2D eigenvalue weighted by Crippen LogP contribution is 2.23. The molecule has 0 N–H and O–H groups in total. The zero-order valence-corrected chi connectivity index (χ0v) is 18.7. The molecule has 2 aromatic heterocycles. The molecule has 0 unspecified atom stereocenters. The number of halogens is 1. The first-order valence-corrected chi connectivity index (χ1v) is 11.2. The lowest BCUT2D eigenvalue weighted by molar-refractivity contribution is -0.142. The van der Waals surface area contributed by atoms with Crippen molar-refractivity contribution in [3.05, 3.63) is 82.4 Å². The Morgan fingerprint density at radius 3 is 2.59 bits per heavy atom. The van der Waals surface area contributed by atoms with E-state index in [0.717, 1.165) is 32.3 Å². The van der Waals surface area contributed by atoms with Crippen molar-refractivity contribution in [2.75, 3.05) is 6.61 Å². The van der Waals surface area contributed by atoms with Crippen LogP contribution >= 0.6 is 11.3 Å². The highest BCUT2D eigenvalue weighted by molar-refractivity contribution is 7.18. The molecule has 0 fully saturated rings. The molecule has 0 saturated carbocycles. The Labute approximate surface area is 189 Å². The Hall–Kier alpha value is -3.32. The number of ether oxygens (including phenoxy) is 1. The van der Waals surface area contributed by atoms with Gasteiger partial charge in [-0.05, 0) is 69.2 Å². The maximum Gasteiger partial charge on any atom is 0.306 e. The number of carbonyl (C=O) groups is 2. The van der Waals surface area contributed by atoms with Crippen molar-refractivity contribution in [2.24, 2.45) is 0 Å². The smallest absolute Gasteiger partial charge is 0.306 e. The summed E-state index contributed by atoms with van der Waals surface area (Å²) in [6.07, 6.45) is 1.55. The number of esters is 1. The van der Waals surface area contributed by atoms with E-state index < -0.39 is 5.97 Å². The van der Waals surface area contributed by atoms with E-state index >= 15 is 0 Å². The van der Waals surface area contributed by atoms with Gasteiger partial charge in [-0.3, -0.25) is 9.59 Å². The zero-order chi connectivity index (χ0) is 22.7. The third-order valence-electron chi connectivity index (χ3n) is 5.29. The maximum atomic E-state index is 13.2. The number of hydrogen-bond acceptors (Lipinski definition) is 5. The van der Waals surface area contributed by atoms with Crippen molar-refractivity contribution in [3.8, 4) is 5.69 Å². The van der Waals surface area contributed by atoms with Gasteiger partial charge < -0.3 is 9.30 Å². The normalized spacial score (nSPS) is 11.1. The molecular weight excluding hydrogens is 427 g/mol. The van der Waals surface area contributed by atoms with Crippen molar-refractivity contribution in [2.45, 2.75) is 33.1 Å². The lowest BCUT2D eigenvalue weighted by atomic mass is 10.1. The van der Waals surface area contributed by atoms with Crippen molar-refractivity contribution in [1.29, 1.82) is 0 Å². The third-order valence-corrected chi connectivity index (χ3v) is 6.39.